The molecule has 0 amide bonds. The van der Waals surface area contributed by atoms with Crippen LogP contribution in [0.25, 0.3) is 0 Å². The molecule has 9 unspecified atom stereocenters. The van der Waals surface area contributed by atoms with E-state index in [2.05, 4.69) is 142 Å². The molecule has 8 aliphatic rings. The van der Waals surface area contributed by atoms with Gasteiger partial charge in [-0.25, -0.2) is 0 Å². The van der Waals surface area contributed by atoms with Crippen LogP contribution in [-0.2, 0) is 18.9 Å². The lowest BCUT2D eigenvalue weighted by molar-refractivity contribution is -0.0382. The van der Waals surface area contributed by atoms with Gasteiger partial charge in [-0.3, -0.25) is 0 Å². The summed E-state index contributed by atoms with van der Waals surface area (Å²) in [5.74, 6) is 3.52. The molecule has 4 heteroatoms. The molecule has 61 heavy (non-hydrogen) atoms. The van der Waals surface area contributed by atoms with E-state index in [1.807, 2.05) is 0 Å². The first-order valence-electron chi connectivity index (χ1n) is 25.9. The van der Waals surface area contributed by atoms with Gasteiger partial charge in [-0.05, 0) is 142 Å². The number of ether oxygens (including phenoxy) is 4. The summed E-state index contributed by atoms with van der Waals surface area (Å²) in [6.45, 7) is 43.1. The van der Waals surface area contributed by atoms with Crippen LogP contribution in [-0.4, -0.2) is 48.8 Å². The first kappa shape index (κ1) is 50.8. The molecule has 0 radical (unpaired) electrons. The van der Waals surface area contributed by atoms with Crippen LogP contribution in [0.5, 0.6) is 0 Å². The normalized spacial score (nSPS) is 39.5. The molecule has 8 rings (SSSR count). The molecule has 0 aromatic carbocycles. The van der Waals surface area contributed by atoms with Crippen LogP contribution < -0.4 is 0 Å². The second-order valence-corrected chi connectivity index (χ2v) is 23.2. The molecule has 4 heterocycles. The zero-order valence-electron chi connectivity index (χ0n) is 43.3. The maximum Gasteiger partial charge on any atom is 0.0746 e. The molecular formula is C57H98O4. The molecule has 0 aromatic rings. The zero-order valence-corrected chi connectivity index (χ0v) is 43.3. The Morgan fingerprint density at radius 1 is 0.541 bits per heavy atom. The zero-order chi connectivity index (χ0) is 45.3. The van der Waals surface area contributed by atoms with Crippen molar-refractivity contribution in [3.8, 4) is 0 Å². The number of hydrogen-bond donors (Lipinski definition) is 0. The lowest BCUT2D eigenvalue weighted by Gasteiger charge is -2.45. The number of hydrogen-bond acceptors (Lipinski definition) is 4. The summed E-state index contributed by atoms with van der Waals surface area (Å²) in [7, 11) is 0. The molecule has 0 bridgehead atoms. The highest BCUT2D eigenvalue weighted by molar-refractivity contribution is 5.22. The van der Waals surface area contributed by atoms with E-state index < -0.39 is 0 Å². The van der Waals surface area contributed by atoms with Crippen LogP contribution in [0.15, 0.2) is 46.6 Å². The van der Waals surface area contributed by atoms with Crippen molar-refractivity contribution in [2.45, 2.75) is 236 Å². The molecule has 4 saturated heterocycles. The summed E-state index contributed by atoms with van der Waals surface area (Å²) in [4.78, 5) is 0. The Morgan fingerprint density at radius 2 is 1.05 bits per heavy atom. The van der Waals surface area contributed by atoms with Gasteiger partial charge < -0.3 is 18.9 Å². The Kier molecular flexibility index (Phi) is 16.1. The quantitative estimate of drug-likeness (QED) is 0.228. The number of allylic oxidation sites excluding steroid dienone is 6. The van der Waals surface area contributed by atoms with Crippen LogP contribution in [0.2, 0.25) is 0 Å². The minimum absolute atomic E-state index is 0.135. The van der Waals surface area contributed by atoms with Crippen molar-refractivity contribution in [1.29, 1.82) is 0 Å². The molecule has 0 saturated carbocycles. The maximum atomic E-state index is 6.27. The Hall–Kier alpha value is -1.20. The summed E-state index contributed by atoms with van der Waals surface area (Å²) in [5, 5.41) is 0. The third-order valence-corrected chi connectivity index (χ3v) is 19.5. The van der Waals surface area contributed by atoms with E-state index >= 15 is 0 Å². The summed E-state index contributed by atoms with van der Waals surface area (Å²) in [5.41, 5.74) is 8.38. The van der Waals surface area contributed by atoms with E-state index in [1.54, 1.807) is 22.3 Å². The van der Waals surface area contributed by atoms with Gasteiger partial charge in [0.25, 0.3) is 0 Å². The second kappa shape index (κ2) is 19.3. The van der Waals surface area contributed by atoms with Crippen molar-refractivity contribution in [2.24, 2.45) is 51.2 Å². The van der Waals surface area contributed by atoms with Crippen LogP contribution >= 0.6 is 0 Å². The van der Waals surface area contributed by atoms with Crippen molar-refractivity contribution in [2.75, 3.05) is 26.4 Å². The largest absolute Gasteiger partial charge is 0.374 e. The van der Waals surface area contributed by atoms with Crippen molar-refractivity contribution >= 4 is 0 Å². The molecule has 350 valence electrons. The lowest BCUT2D eigenvalue weighted by atomic mass is 9.59. The van der Waals surface area contributed by atoms with Gasteiger partial charge >= 0.3 is 0 Å². The molecule has 4 aliphatic heterocycles. The summed E-state index contributed by atoms with van der Waals surface area (Å²) in [6, 6.07) is 0. The molecular weight excluding hydrogens is 749 g/mol. The third-order valence-electron chi connectivity index (χ3n) is 19.5. The highest BCUT2D eigenvalue weighted by atomic mass is 16.5. The van der Waals surface area contributed by atoms with Gasteiger partial charge in [-0.15, -0.1) is 0 Å². The fraction of sp³-hybridized carbons (Fsp3) is 0.860. The van der Waals surface area contributed by atoms with Gasteiger partial charge in [0.05, 0.1) is 48.8 Å². The summed E-state index contributed by atoms with van der Waals surface area (Å²) in [6.07, 6.45) is 27.9. The van der Waals surface area contributed by atoms with Gasteiger partial charge in [0.1, 0.15) is 0 Å². The third kappa shape index (κ3) is 9.30. The Balaban J connectivity index is 0.000000154. The molecule has 0 aromatic heterocycles. The van der Waals surface area contributed by atoms with E-state index in [-0.39, 0.29) is 22.4 Å². The Morgan fingerprint density at radius 3 is 1.64 bits per heavy atom. The monoisotopic (exact) mass is 847 g/mol. The molecule has 9 atom stereocenters. The van der Waals surface area contributed by atoms with Crippen molar-refractivity contribution in [1.82, 2.24) is 0 Å². The van der Waals surface area contributed by atoms with Crippen molar-refractivity contribution < 1.29 is 18.9 Å². The van der Waals surface area contributed by atoms with E-state index in [1.165, 1.54) is 44.9 Å². The van der Waals surface area contributed by atoms with E-state index in [0.717, 1.165) is 89.6 Å². The molecule has 0 N–H and O–H groups in total. The van der Waals surface area contributed by atoms with E-state index in [0.29, 0.717) is 39.4 Å². The SMILES string of the molecule is CCC1(CC)OCC2(C)C=C(C)CCC21.CCC1(CC)OCC2(C)CC(C)=CCC21.CCC1(CC)OCC2(C)CC=C(C)C(C)C21.CCC1(CC)OCC2(C)CCC(C)=CC21. The molecule has 4 nitrogen and oxygen atoms in total. The minimum Gasteiger partial charge on any atom is -0.374 e. The molecule has 0 spiro atoms. The molecule has 4 fully saturated rings. The van der Waals surface area contributed by atoms with Crippen LogP contribution in [0.3, 0.4) is 0 Å². The van der Waals surface area contributed by atoms with Crippen LogP contribution in [0.4, 0.5) is 0 Å². The Bertz CT molecular complexity index is 1590. The summed E-state index contributed by atoms with van der Waals surface area (Å²) >= 11 is 0. The number of fused-ring (bicyclic) bond motifs is 4. The minimum atomic E-state index is 0.135. The maximum absolute atomic E-state index is 6.27. The standard InChI is InChI=1S/C15H26O.3C14H24O/c1-6-15(7-2)13-12(4)11(3)8-9-14(13,5)10-16-15;1-5-14(6-2)12-9-11(3)7-8-13(12,4)10-15-14;2*1-5-14(6-2)12-8-7-11(3)9-13(12,4)10-15-14/h8,12-13H,6-7,9-10H2,1-5H3;2*9,12H,5-8,10H2,1-4H3;7,12H,5-6,8-10H2,1-4H3. The highest BCUT2D eigenvalue weighted by Crippen LogP contribution is 2.59. The van der Waals surface area contributed by atoms with Crippen molar-refractivity contribution in [3.63, 3.8) is 0 Å². The van der Waals surface area contributed by atoms with Gasteiger partial charge in [0, 0.05) is 33.5 Å². The average Bonchev–Trinajstić information content (AvgIpc) is 3.94. The number of rotatable bonds is 8. The highest BCUT2D eigenvalue weighted by Gasteiger charge is 2.58. The van der Waals surface area contributed by atoms with Crippen LogP contribution in [0.1, 0.15) is 214 Å². The van der Waals surface area contributed by atoms with E-state index in [4.69, 9.17) is 18.9 Å². The second-order valence-electron chi connectivity index (χ2n) is 23.2. The van der Waals surface area contributed by atoms with Gasteiger partial charge in [0.15, 0.2) is 0 Å². The van der Waals surface area contributed by atoms with E-state index in [9.17, 15) is 0 Å². The van der Waals surface area contributed by atoms with Gasteiger partial charge in [0.2, 0.25) is 0 Å². The average molecular weight is 847 g/mol. The predicted molar refractivity (Wildman–Crippen MR) is 260 cm³/mol. The van der Waals surface area contributed by atoms with Gasteiger partial charge in [-0.2, -0.15) is 0 Å². The lowest BCUT2D eigenvalue weighted by Crippen LogP contribution is -2.45. The molecule has 4 aliphatic carbocycles. The first-order chi connectivity index (χ1) is 28.7. The fourth-order valence-corrected chi connectivity index (χ4v) is 15.1. The Labute approximate surface area is 378 Å². The predicted octanol–water partition coefficient (Wildman–Crippen LogP) is 16.0. The van der Waals surface area contributed by atoms with Gasteiger partial charge in [-0.1, -0.05) is 137 Å². The summed E-state index contributed by atoms with van der Waals surface area (Å²) < 4.78 is 24.9. The fourth-order valence-electron chi connectivity index (χ4n) is 15.1. The van der Waals surface area contributed by atoms with Crippen LogP contribution in [0, 0.1) is 51.2 Å². The van der Waals surface area contributed by atoms with Crippen molar-refractivity contribution in [3.05, 3.63) is 46.6 Å². The first-order valence-corrected chi connectivity index (χ1v) is 25.9. The smallest absolute Gasteiger partial charge is 0.0746 e. The topological polar surface area (TPSA) is 36.9 Å².